The normalized spacial score (nSPS) is 14.3. The maximum atomic E-state index is 14.0. The number of halogens is 1. The van der Waals surface area contributed by atoms with Crippen molar-refractivity contribution in [2.24, 2.45) is 0 Å². The Labute approximate surface area is 151 Å². The highest BCUT2D eigenvalue weighted by atomic mass is 19.1. The smallest absolute Gasteiger partial charge is 0.225 e. The number of hydrogen-bond acceptors (Lipinski definition) is 5. The first-order chi connectivity index (χ1) is 12.8. The van der Waals surface area contributed by atoms with E-state index in [4.69, 9.17) is 0 Å². The summed E-state index contributed by atoms with van der Waals surface area (Å²) in [4.78, 5) is 13.5. The second-order valence-corrected chi connectivity index (χ2v) is 6.41. The van der Waals surface area contributed by atoms with Crippen molar-refractivity contribution in [2.75, 3.05) is 10.6 Å². The molecular formula is C20H20FN5. The highest BCUT2D eigenvalue weighted by molar-refractivity contribution is 5.65. The van der Waals surface area contributed by atoms with Crippen LogP contribution in [-0.4, -0.2) is 21.0 Å². The lowest BCUT2D eigenvalue weighted by Gasteiger charge is -2.15. The molecule has 5 nitrogen and oxygen atoms in total. The minimum atomic E-state index is -0.323. The Morgan fingerprint density at radius 1 is 0.923 bits per heavy atom. The molecule has 1 saturated carbocycles. The van der Waals surface area contributed by atoms with Crippen LogP contribution in [0, 0.1) is 5.82 Å². The van der Waals surface area contributed by atoms with Gasteiger partial charge in [-0.25, -0.2) is 9.37 Å². The zero-order valence-corrected chi connectivity index (χ0v) is 14.3. The lowest BCUT2D eigenvalue weighted by atomic mass is 10.2. The lowest BCUT2D eigenvalue weighted by molar-refractivity contribution is 0.632. The Kier molecular flexibility index (Phi) is 4.73. The molecule has 2 heterocycles. The van der Waals surface area contributed by atoms with E-state index < -0.39 is 0 Å². The van der Waals surface area contributed by atoms with Crippen LogP contribution in [0.4, 0.5) is 21.8 Å². The summed E-state index contributed by atoms with van der Waals surface area (Å²) in [5.74, 6) is 0.751. The Hall–Kier alpha value is -3.02. The van der Waals surface area contributed by atoms with Crippen molar-refractivity contribution >= 4 is 17.5 Å². The van der Waals surface area contributed by atoms with Crippen molar-refractivity contribution in [3.8, 4) is 11.4 Å². The van der Waals surface area contributed by atoms with Gasteiger partial charge in [0.25, 0.3) is 0 Å². The van der Waals surface area contributed by atoms with Crippen molar-refractivity contribution < 1.29 is 4.39 Å². The van der Waals surface area contributed by atoms with Crippen LogP contribution in [0.2, 0.25) is 0 Å². The largest absolute Gasteiger partial charge is 0.351 e. The number of nitrogens with zero attached hydrogens (tertiary/aromatic N) is 3. The summed E-state index contributed by atoms with van der Waals surface area (Å²) >= 11 is 0. The summed E-state index contributed by atoms with van der Waals surface area (Å²) in [6, 6.07) is 14.4. The van der Waals surface area contributed by atoms with Crippen LogP contribution >= 0.6 is 0 Å². The van der Waals surface area contributed by atoms with E-state index in [2.05, 4.69) is 25.6 Å². The number of aromatic nitrogens is 3. The molecule has 0 amide bonds. The monoisotopic (exact) mass is 349 g/mol. The molecule has 1 aliphatic rings. The molecule has 6 heteroatoms. The van der Waals surface area contributed by atoms with Crippen LogP contribution in [0.5, 0.6) is 0 Å². The van der Waals surface area contributed by atoms with Gasteiger partial charge in [0.1, 0.15) is 11.6 Å². The quantitative estimate of drug-likeness (QED) is 0.694. The summed E-state index contributed by atoms with van der Waals surface area (Å²) in [5.41, 5.74) is 1.82. The zero-order valence-electron chi connectivity index (χ0n) is 14.3. The van der Waals surface area contributed by atoms with E-state index >= 15 is 0 Å². The summed E-state index contributed by atoms with van der Waals surface area (Å²) in [7, 11) is 0. The molecule has 0 saturated heterocycles. The molecule has 0 bridgehead atoms. The Balaban J connectivity index is 1.68. The van der Waals surface area contributed by atoms with Crippen molar-refractivity contribution in [1.82, 2.24) is 15.0 Å². The Morgan fingerprint density at radius 3 is 2.50 bits per heavy atom. The second-order valence-electron chi connectivity index (χ2n) is 6.41. The van der Waals surface area contributed by atoms with Gasteiger partial charge in [-0.3, -0.25) is 4.98 Å². The molecular weight excluding hydrogens is 329 g/mol. The van der Waals surface area contributed by atoms with Gasteiger partial charge in [0, 0.05) is 18.3 Å². The standard InChI is InChI=1S/C20H20FN5/c21-15-9-3-4-10-16(15)24-19-13-18(17-11-5-6-12-22-17)25-20(26-19)23-14-7-1-2-8-14/h3-6,9-14H,1-2,7-8H2,(H2,23,24,25,26). The summed E-state index contributed by atoms with van der Waals surface area (Å²) in [6.07, 6.45) is 6.40. The fraction of sp³-hybridized carbons (Fsp3) is 0.250. The number of para-hydroxylation sites is 1. The molecule has 0 radical (unpaired) electrons. The van der Waals surface area contributed by atoms with Gasteiger partial charge in [-0.15, -0.1) is 0 Å². The number of benzene rings is 1. The van der Waals surface area contributed by atoms with Crippen LogP contribution < -0.4 is 10.6 Å². The van der Waals surface area contributed by atoms with E-state index in [1.54, 1.807) is 30.5 Å². The van der Waals surface area contributed by atoms with Gasteiger partial charge < -0.3 is 10.6 Å². The highest BCUT2D eigenvalue weighted by Crippen LogP contribution is 2.26. The predicted molar refractivity (Wildman–Crippen MR) is 101 cm³/mol. The van der Waals surface area contributed by atoms with E-state index in [0.29, 0.717) is 29.2 Å². The number of anilines is 3. The van der Waals surface area contributed by atoms with Crippen LogP contribution in [0.15, 0.2) is 54.7 Å². The third kappa shape index (κ3) is 3.79. The van der Waals surface area contributed by atoms with Crippen LogP contribution in [0.25, 0.3) is 11.4 Å². The molecule has 2 N–H and O–H groups in total. The lowest BCUT2D eigenvalue weighted by Crippen LogP contribution is -2.17. The molecule has 4 rings (SSSR count). The van der Waals surface area contributed by atoms with Gasteiger partial charge in [-0.1, -0.05) is 31.0 Å². The number of nitrogens with one attached hydrogen (secondary N) is 2. The molecule has 3 aromatic rings. The van der Waals surface area contributed by atoms with Gasteiger partial charge in [-0.05, 0) is 37.1 Å². The Morgan fingerprint density at radius 2 is 1.73 bits per heavy atom. The molecule has 132 valence electrons. The number of pyridine rings is 1. The Bertz CT molecular complexity index is 878. The fourth-order valence-electron chi connectivity index (χ4n) is 3.17. The number of hydrogen-bond donors (Lipinski definition) is 2. The van der Waals surface area contributed by atoms with Crippen molar-refractivity contribution in [3.05, 3.63) is 60.5 Å². The van der Waals surface area contributed by atoms with Crippen LogP contribution in [-0.2, 0) is 0 Å². The molecule has 1 fully saturated rings. The minimum absolute atomic E-state index is 0.323. The van der Waals surface area contributed by atoms with Crippen molar-refractivity contribution in [2.45, 2.75) is 31.7 Å². The average Bonchev–Trinajstić information content (AvgIpc) is 3.17. The predicted octanol–water partition coefficient (Wildman–Crippen LogP) is 4.78. The van der Waals surface area contributed by atoms with Gasteiger partial charge in [0.15, 0.2) is 0 Å². The molecule has 1 aliphatic carbocycles. The molecule has 0 aliphatic heterocycles. The molecule has 0 unspecified atom stereocenters. The zero-order chi connectivity index (χ0) is 17.8. The first-order valence-corrected chi connectivity index (χ1v) is 8.86. The molecule has 2 aromatic heterocycles. The van der Waals surface area contributed by atoms with Crippen molar-refractivity contribution in [1.29, 1.82) is 0 Å². The van der Waals surface area contributed by atoms with Crippen molar-refractivity contribution in [3.63, 3.8) is 0 Å². The van der Waals surface area contributed by atoms with E-state index in [-0.39, 0.29) is 5.82 Å². The van der Waals surface area contributed by atoms with Gasteiger partial charge in [0.2, 0.25) is 5.95 Å². The molecule has 26 heavy (non-hydrogen) atoms. The first kappa shape index (κ1) is 16.4. The SMILES string of the molecule is Fc1ccccc1Nc1cc(-c2ccccn2)nc(NC2CCCC2)n1. The average molecular weight is 349 g/mol. The maximum absolute atomic E-state index is 14.0. The summed E-state index contributed by atoms with van der Waals surface area (Å²) in [5, 5.41) is 6.46. The first-order valence-electron chi connectivity index (χ1n) is 8.86. The third-order valence-electron chi connectivity index (χ3n) is 4.48. The van der Waals surface area contributed by atoms with Gasteiger partial charge in [0.05, 0.1) is 17.1 Å². The van der Waals surface area contributed by atoms with Gasteiger partial charge >= 0.3 is 0 Å². The van der Waals surface area contributed by atoms with Gasteiger partial charge in [-0.2, -0.15) is 4.98 Å². The van der Waals surface area contributed by atoms with E-state index in [1.807, 2.05) is 18.2 Å². The van der Waals surface area contributed by atoms with E-state index in [1.165, 1.54) is 18.9 Å². The highest BCUT2D eigenvalue weighted by Gasteiger charge is 2.17. The van der Waals surface area contributed by atoms with Crippen LogP contribution in [0.3, 0.4) is 0 Å². The molecule has 1 aromatic carbocycles. The third-order valence-corrected chi connectivity index (χ3v) is 4.48. The molecule has 0 spiro atoms. The van der Waals surface area contributed by atoms with E-state index in [0.717, 1.165) is 18.5 Å². The van der Waals surface area contributed by atoms with E-state index in [9.17, 15) is 4.39 Å². The summed E-state index contributed by atoms with van der Waals surface area (Å²) < 4.78 is 14.0. The minimum Gasteiger partial charge on any atom is -0.351 e. The van der Waals surface area contributed by atoms with Crippen LogP contribution in [0.1, 0.15) is 25.7 Å². The second kappa shape index (κ2) is 7.47. The number of rotatable bonds is 5. The summed E-state index contributed by atoms with van der Waals surface area (Å²) in [6.45, 7) is 0. The molecule has 0 atom stereocenters. The fourth-order valence-corrected chi connectivity index (χ4v) is 3.17. The maximum Gasteiger partial charge on any atom is 0.225 e. The topological polar surface area (TPSA) is 62.7 Å².